The number of aromatic nitrogens is 2. The molecule has 0 unspecified atom stereocenters. The van der Waals surface area contributed by atoms with Crippen LogP contribution in [-0.4, -0.2) is 35.0 Å². The molecule has 39 heavy (non-hydrogen) atoms. The van der Waals surface area contributed by atoms with Gasteiger partial charge in [0.05, 0.1) is 21.2 Å². The number of benzene rings is 2. The maximum absolute atomic E-state index is 16.8. The molecule has 0 fully saturated rings. The molecule has 1 aliphatic rings. The Balaban J connectivity index is 2.02. The van der Waals surface area contributed by atoms with Gasteiger partial charge in [-0.05, 0) is 30.2 Å². The average Bonchev–Trinajstić information content (AvgIpc) is 3.12. The fourth-order valence-electron chi connectivity index (χ4n) is 4.62. The number of carbonyl (C=O) groups is 1. The number of ether oxygens (including phenoxy) is 2. The monoisotopic (exact) mass is 589 g/mol. The van der Waals surface area contributed by atoms with E-state index in [1.807, 2.05) is 33.8 Å². The van der Waals surface area contributed by atoms with Crippen molar-refractivity contribution < 1.29 is 23.0 Å². The summed E-state index contributed by atoms with van der Waals surface area (Å²) in [4.78, 5) is 20.5. The second-order valence-corrected chi connectivity index (χ2v) is 12.1. The fraction of sp³-hybridized carbons (Fsp3) is 0.308. The number of carbonyl (C=O) groups excluding carboxylic acids is 1. The van der Waals surface area contributed by atoms with Crippen molar-refractivity contribution in [3.8, 4) is 28.0 Å². The van der Waals surface area contributed by atoms with Crippen LogP contribution in [0, 0.1) is 23.0 Å². The Hall–Kier alpha value is -3.40. The van der Waals surface area contributed by atoms with Gasteiger partial charge in [0.25, 0.3) is 0 Å². The van der Waals surface area contributed by atoms with Crippen LogP contribution < -0.4 is 20.5 Å². The van der Waals surface area contributed by atoms with E-state index in [1.54, 1.807) is 6.26 Å². The van der Waals surface area contributed by atoms with Crippen molar-refractivity contribution in [1.82, 2.24) is 9.97 Å². The first kappa shape index (κ1) is 27.2. The lowest BCUT2D eigenvalue weighted by Crippen LogP contribution is -2.22. The van der Waals surface area contributed by atoms with Crippen LogP contribution in [0.25, 0.3) is 32.1 Å². The summed E-state index contributed by atoms with van der Waals surface area (Å²) in [6, 6.07) is 3.08. The van der Waals surface area contributed by atoms with E-state index in [2.05, 4.69) is 15.3 Å². The number of halogens is 3. The maximum Gasteiger partial charge on any atom is 0.410 e. The SMILES string of the molecule is CSc1nc2c3c(c(Cl)c(-c4c(C(C)(C)C)cc(F)c5sc(OC(N)=O)c(C#N)c45)c(F)c3n1)OC[C@H](C)N2. The van der Waals surface area contributed by atoms with Crippen LogP contribution in [0.4, 0.5) is 19.4 Å². The van der Waals surface area contributed by atoms with Gasteiger partial charge in [0.2, 0.25) is 5.06 Å². The molecule has 2 aromatic heterocycles. The number of thioether (sulfide) groups is 1. The average molecular weight is 590 g/mol. The second kappa shape index (κ2) is 9.66. The smallest absolute Gasteiger partial charge is 0.410 e. The second-order valence-electron chi connectivity index (χ2n) is 10.0. The van der Waals surface area contributed by atoms with Crippen molar-refractivity contribution in [3.63, 3.8) is 0 Å². The van der Waals surface area contributed by atoms with Crippen LogP contribution in [0.2, 0.25) is 5.02 Å². The molecular weight excluding hydrogens is 568 g/mol. The highest BCUT2D eigenvalue weighted by atomic mass is 35.5. The first-order valence-corrected chi connectivity index (χ1v) is 14.1. The fourth-order valence-corrected chi connectivity index (χ4v) is 6.33. The predicted octanol–water partition coefficient (Wildman–Crippen LogP) is 6.98. The summed E-state index contributed by atoms with van der Waals surface area (Å²) in [5.41, 5.74) is 4.69. The zero-order chi connectivity index (χ0) is 28.4. The van der Waals surface area contributed by atoms with E-state index >= 15 is 8.78 Å². The Labute approximate surface area is 235 Å². The van der Waals surface area contributed by atoms with Crippen molar-refractivity contribution >= 4 is 67.6 Å². The molecule has 1 aliphatic heterocycles. The standard InChI is InChI=1S/C26H22ClF2N5O3S2/c1-9-8-36-20-16-19(33-25(38-5)34-22(16)32-9)18(29)15(17(20)27)14-11(26(2,3)4)6-12(28)21-13(14)10(7-30)23(39-21)37-24(31)35/h6,9H,8H2,1-5H3,(H2,31,35)(H,32,33,34)/t9-/m0/s1. The summed E-state index contributed by atoms with van der Waals surface area (Å²) in [5, 5.41) is 13.7. The van der Waals surface area contributed by atoms with Crippen molar-refractivity contribution in [2.75, 3.05) is 18.2 Å². The third-order valence-corrected chi connectivity index (χ3v) is 8.24. The number of nitriles is 1. The van der Waals surface area contributed by atoms with Gasteiger partial charge in [0.1, 0.15) is 35.4 Å². The van der Waals surface area contributed by atoms with Gasteiger partial charge in [-0.25, -0.2) is 23.5 Å². The third-order valence-electron chi connectivity index (χ3n) is 6.25. The number of fused-ring (bicyclic) bond motifs is 1. The molecule has 1 amide bonds. The molecule has 0 spiro atoms. The highest BCUT2D eigenvalue weighted by Crippen LogP contribution is 2.53. The van der Waals surface area contributed by atoms with Crippen molar-refractivity contribution in [1.29, 1.82) is 5.26 Å². The lowest BCUT2D eigenvalue weighted by molar-refractivity contribution is 0.212. The molecule has 0 aliphatic carbocycles. The van der Waals surface area contributed by atoms with E-state index in [0.717, 1.165) is 11.3 Å². The number of rotatable bonds is 3. The molecule has 0 bridgehead atoms. The van der Waals surface area contributed by atoms with Gasteiger partial charge in [-0.15, -0.1) is 0 Å². The van der Waals surface area contributed by atoms with Crippen LogP contribution in [-0.2, 0) is 5.41 Å². The molecule has 0 radical (unpaired) electrons. The molecule has 8 nitrogen and oxygen atoms in total. The molecule has 0 saturated carbocycles. The largest absolute Gasteiger partial charge is 0.489 e. The van der Waals surface area contributed by atoms with Crippen molar-refractivity contribution in [2.24, 2.45) is 5.73 Å². The van der Waals surface area contributed by atoms with Gasteiger partial charge in [-0.2, -0.15) is 5.26 Å². The molecule has 4 aromatic rings. The summed E-state index contributed by atoms with van der Waals surface area (Å²) < 4.78 is 43.4. The van der Waals surface area contributed by atoms with Crippen LogP contribution in [0.15, 0.2) is 11.2 Å². The van der Waals surface area contributed by atoms with Crippen molar-refractivity contribution in [3.05, 3.63) is 33.9 Å². The number of nitrogens with one attached hydrogen (secondary N) is 1. The van der Waals surface area contributed by atoms with Gasteiger partial charge in [-0.1, -0.05) is 55.5 Å². The highest BCUT2D eigenvalue weighted by Gasteiger charge is 2.34. The Morgan fingerprint density at radius 3 is 2.67 bits per heavy atom. The quantitative estimate of drug-likeness (QED) is 0.194. The van der Waals surface area contributed by atoms with E-state index < -0.39 is 23.1 Å². The number of thiophene rings is 1. The molecule has 5 rings (SSSR count). The minimum absolute atomic E-state index is 0.0170. The lowest BCUT2D eigenvalue weighted by Gasteiger charge is -2.26. The van der Waals surface area contributed by atoms with Crippen LogP contribution in [0.3, 0.4) is 0 Å². The first-order valence-electron chi connectivity index (χ1n) is 11.7. The minimum Gasteiger partial charge on any atom is -0.489 e. The van der Waals surface area contributed by atoms with Gasteiger partial charge in [0.15, 0.2) is 16.7 Å². The Morgan fingerprint density at radius 1 is 1.33 bits per heavy atom. The summed E-state index contributed by atoms with van der Waals surface area (Å²) in [6.07, 6.45) is 0.599. The lowest BCUT2D eigenvalue weighted by atomic mass is 9.79. The Morgan fingerprint density at radius 2 is 2.05 bits per heavy atom. The van der Waals surface area contributed by atoms with Gasteiger partial charge in [0, 0.05) is 16.5 Å². The maximum atomic E-state index is 16.8. The molecule has 1 atom stereocenters. The molecular formula is C26H22ClF2N5O3S2. The van der Waals surface area contributed by atoms with E-state index in [4.69, 9.17) is 26.8 Å². The summed E-state index contributed by atoms with van der Waals surface area (Å²) >= 11 is 8.91. The number of anilines is 1. The van der Waals surface area contributed by atoms with E-state index in [-0.39, 0.29) is 66.2 Å². The zero-order valence-electron chi connectivity index (χ0n) is 21.5. The zero-order valence-corrected chi connectivity index (χ0v) is 23.8. The molecule has 202 valence electrons. The van der Waals surface area contributed by atoms with Crippen LogP contribution in [0.1, 0.15) is 38.8 Å². The number of hydrogen-bond donors (Lipinski definition) is 2. The van der Waals surface area contributed by atoms with E-state index in [1.165, 1.54) is 17.8 Å². The summed E-state index contributed by atoms with van der Waals surface area (Å²) in [6.45, 7) is 7.57. The third kappa shape index (κ3) is 4.38. The Bertz CT molecular complexity index is 1750. The number of hydrogen-bond acceptors (Lipinski definition) is 9. The summed E-state index contributed by atoms with van der Waals surface area (Å²) in [5.74, 6) is -0.910. The van der Waals surface area contributed by atoms with E-state index in [9.17, 15) is 10.1 Å². The molecule has 3 heterocycles. The number of nitrogens with two attached hydrogens (primary N) is 1. The van der Waals surface area contributed by atoms with Crippen molar-refractivity contribution in [2.45, 2.75) is 44.3 Å². The normalized spacial score (nSPS) is 15.0. The molecule has 13 heteroatoms. The van der Waals surface area contributed by atoms with E-state index in [0.29, 0.717) is 16.5 Å². The van der Waals surface area contributed by atoms with Gasteiger partial charge < -0.3 is 20.5 Å². The highest BCUT2D eigenvalue weighted by molar-refractivity contribution is 7.98. The van der Waals surface area contributed by atoms with Crippen LogP contribution >= 0.6 is 34.7 Å². The Kier molecular flexibility index (Phi) is 6.73. The summed E-state index contributed by atoms with van der Waals surface area (Å²) in [7, 11) is 0. The molecule has 2 aromatic carbocycles. The van der Waals surface area contributed by atoms with Crippen LogP contribution in [0.5, 0.6) is 10.8 Å². The first-order chi connectivity index (χ1) is 18.4. The van der Waals surface area contributed by atoms with Gasteiger partial charge >= 0.3 is 6.09 Å². The molecule has 0 saturated heterocycles. The minimum atomic E-state index is -1.17. The molecule has 3 N–H and O–H groups in total. The number of amides is 1. The number of nitrogens with zero attached hydrogens (tertiary/aromatic N) is 3. The topological polar surface area (TPSA) is 123 Å². The predicted molar refractivity (Wildman–Crippen MR) is 149 cm³/mol. The number of primary amides is 1. The van der Waals surface area contributed by atoms with Gasteiger partial charge in [-0.3, -0.25) is 0 Å².